The van der Waals surface area contributed by atoms with Crippen molar-refractivity contribution in [1.29, 1.82) is 0 Å². The molecule has 132 valence electrons. The van der Waals surface area contributed by atoms with E-state index in [4.69, 9.17) is 0 Å². The van der Waals surface area contributed by atoms with Gasteiger partial charge in [0.1, 0.15) is 16.4 Å². The summed E-state index contributed by atoms with van der Waals surface area (Å²) in [6.45, 7) is 0. The minimum Gasteiger partial charge on any atom is -0.265 e. The van der Waals surface area contributed by atoms with Crippen LogP contribution in [0, 0.1) is 11.6 Å². The molecule has 0 amide bonds. The Labute approximate surface area is 150 Å². The molecule has 1 fully saturated rings. The molecule has 1 heterocycles. The van der Waals surface area contributed by atoms with E-state index in [0.29, 0.717) is 18.4 Å². The van der Waals surface area contributed by atoms with Crippen LogP contribution in [-0.4, -0.2) is 13.4 Å². The van der Waals surface area contributed by atoms with Crippen molar-refractivity contribution < 1.29 is 17.2 Å². The van der Waals surface area contributed by atoms with Crippen molar-refractivity contribution in [3.63, 3.8) is 0 Å². The lowest BCUT2D eigenvalue weighted by Gasteiger charge is -2.17. The molecule has 0 N–H and O–H groups in total. The molecule has 1 saturated carbocycles. The third kappa shape index (κ3) is 2.61. The largest absolute Gasteiger partial charge is 0.265 e. The van der Waals surface area contributed by atoms with Crippen LogP contribution in [0.25, 0.3) is 11.1 Å². The molecule has 0 unspecified atom stereocenters. The number of sulfone groups is 1. The van der Waals surface area contributed by atoms with E-state index in [1.165, 1.54) is 24.3 Å². The van der Waals surface area contributed by atoms with Gasteiger partial charge in [0.15, 0.2) is 9.84 Å². The molecule has 0 aliphatic heterocycles. The molecule has 2 aromatic carbocycles. The standard InChI is InChI=1S/C20H15F2NO2S/c21-16-3-6-18(19(22)13-16)14-1-4-17(5-2-14)26(24,25)20(9-10-20)15-7-11-23-12-8-15/h1-8,11-13H,9-10H2. The van der Waals surface area contributed by atoms with Crippen molar-refractivity contribution in [2.45, 2.75) is 22.5 Å². The van der Waals surface area contributed by atoms with E-state index in [2.05, 4.69) is 4.98 Å². The molecule has 0 saturated heterocycles. The van der Waals surface area contributed by atoms with Gasteiger partial charge < -0.3 is 0 Å². The lowest BCUT2D eigenvalue weighted by Crippen LogP contribution is -2.21. The molecule has 0 spiro atoms. The van der Waals surface area contributed by atoms with E-state index >= 15 is 0 Å². The molecule has 0 radical (unpaired) electrons. The van der Waals surface area contributed by atoms with Gasteiger partial charge >= 0.3 is 0 Å². The van der Waals surface area contributed by atoms with Gasteiger partial charge in [0.25, 0.3) is 0 Å². The van der Waals surface area contributed by atoms with Gasteiger partial charge in [0.05, 0.1) is 4.90 Å². The zero-order valence-corrected chi connectivity index (χ0v) is 14.5. The molecule has 1 aliphatic rings. The summed E-state index contributed by atoms with van der Waals surface area (Å²) in [6.07, 6.45) is 4.30. The summed E-state index contributed by atoms with van der Waals surface area (Å²) >= 11 is 0. The van der Waals surface area contributed by atoms with Crippen LogP contribution in [0.3, 0.4) is 0 Å². The maximum Gasteiger partial charge on any atom is 0.188 e. The van der Waals surface area contributed by atoms with Crippen LogP contribution in [0.4, 0.5) is 8.78 Å². The van der Waals surface area contributed by atoms with Crippen molar-refractivity contribution in [2.24, 2.45) is 0 Å². The predicted molar refractivity (Wildman–Crippen MR) is 94.1 cm³/mol. The molecule has 3 aromatic rings. The maximum absolute atomic E-state index is 13.9. The normalized spacial score (nSPS) is 15.6. The van der Waals surface area contributed by atoms with Gasteiger partial charge in [0.2, 0.25) is 0 Å². The Hall–Kier alpha value is -2.60. The first-order chi connectivity index (χ1) is 12.4. The molecule has 1 aliphatic carbocycles. The second kappa shape index (κ2) is 5.99. The summed E-state index contributed by atoms with van der Waals surface area (Å²) < 4.78 is 52.3. The second-order valence-corrected chi connectivity index (χ2v) is 8.64. The molecule has 3 nitrogen and oxygen atoms in total. The minimum atomic E-state index is -3.58. The Kier molecular flexibility index (Phi) is 3.88. The number of halogens is 2. The lowest BCUT2D eigenvalue weighted by atomic mass is 10.1. The minimum absolute atomic E-state index is 0.193. The summed E-state index contributed by atoms with van der Waals surface area (Å²) in [4.78, 5) is 4.14. The lowest BCUT2D eigenvalue weighted by molar-refractivity contribution is 0.580. The first-order valence-corrected chi connectivity index (χ1v) is 9.63. The molecular weight excluding hydrogens is 356 g/mol. The molecule has 1 aromatic heterocycles. The van der Waals surface area contributed by atoms with Crippen LogP contribution < -0.4 is 0 Å². The smallest absolute Gasteiger partial charge is 0.188 e. The van der Waals surface area contributed by atoms with Crippen LogP contribution >= 0.6 is 0 Å². The van der Waals surface area contributed by atoms with Gasteiger partial charge in [-0.1, -0.05) is 12.1 Å². The maximum atomic E-state index is 13.9. The highest BCUT2D eigenvalue weighted by atomic mass is 32.2. The Morgan fingerprint density at radius 2 is 1.54 bits per heavy atom. The summed E-state index contributed by atoms with van der Waals surface area (Å²) in [5.74, 6) is -1.34. The summed E-state index contributed by atoms with van der Waals surface area (Å²) in [5.41, 5.74) is 1.46. The van der Waals surface area contributed by atoms with Crippen LogP contribution in [-0.2, 0) is 14.6 Å². The average Bonchev–Trinajstić information content (AvgIpc) is 3.45. The fraction of sp³-hybridized carbons (Fsp3) is 0.150. The topological polar surface area (TPSA) is 47.0 Å². The third-order valence-corrected chi connectivity index (χ3v) is 7.40. The third-order valence-electron chi connectivity index (χ3n) is 4.83. The summed E-state index contributed by atoms with van der Waals surface area (Å²) in [6, 6.07) is 12.8. The summed E-state index contributed by atoms with van der Waals surface area (Å²) in [7, 11) is -3.58. The predicted octanol–water partition coefficient (Wildman–Crippen LogP) is 4.49. The Morgan fingerprint density at radius 3 is 2.12 bits per heavy atom. The molecule has 0 bridgehead atoms. The molecular formula is C20H15F2NO2S. The quantitative estimate of drug-likeness (QED) is 0.679. The SMILES string of the molecule is O=S(=O)(c1ccc(-c2ccc(F)cc2F)cc1)C1(c2ccncc2)CC1. The molecule has 0 atom stereocenters. The van der Waals surface area contributed by atoms with E-state index in [1.807, 2.05) is 0 Å². The highest BCUT2D eigenvalue weighted by Crippen LogP contribution is 2.55. The Balaban J connectivity index is 1.71. The number of hydrogen-bond donors (Lipinski definition) is 0. The number of aromatic nitrogens is 1. The van der Waals surface area contributed by atoms with E-state index < -0.39 is 26.2 Å². The number of benzene rings is 2. The van der Waals surface area contributed by atoms with Crippen LogP contribution in [0.5, 0.6) is 0 Å². The first kappa shape index (κ1) is 16.8. The highest BCUT2D eigenvalue weighted by Gasteiger charge is 2.56. The zero-order valence-electron chi connectivity index (χ0n) is 13.7. The van der Waals surface area contributed by atoms with Gasteiger partial charge in [0, 0.05) is 24.0 Å². The van der Waals surface area contributed by atoms with Crippen LogP contribution in [0.2, 0.25) is 0 Å². The fourth-order valence-electron chi connectivity index (χ4n) is 3.24. The Morgan fingerprint density at radius 1 is 0.885 bits per heavy atom. The van der Waals surface area contributed by atoms with Gasteiger partial charge in [-0.15, -0.1) is 0 Å². The van der Waals surface area contributed by atoms with E-state index in [-0.39, 0.29) is 10.5 Å². The number of pyridine rings is 1. The van der Waals surface area contributed by atoms with Gasteiger partial charge in [-0.05, 0) is 60.4 Å². The van der Waals surface area contributed by atoms with Crippen LogP contribution in [0.1, 0.15) is 18.4 Å². The first-order valence-electron chi connectivity index (χ1n) is 8.15. The van der Waals surface area contributed by atoms with Crippen molar-refractivity contribution in [1.82, 2.24) is 4.98 Å². The molecule has 6 heteroatoms. The average molecular weight is 371 g/mol. The summed E-state index contributed by atoms with van der Waals surface area (Å²) in [5, 5.41) is 0. The number of rotatable bonds is 4. The van der Waals surface area contributed by atoms with Gasteiger partial charge in [-0.3, -0.25) is 4.98 Å². The van der Waals surface area contributed by atoms with Crippen LogP contribution in [0.15, 0.2) is 71.9 Å². The van der Waals surface area contributed by atoms with Crippen molar-refractivity contribution >= 4 is 9.84 Å². The van der Waals surface area contributed by atoms with E-state index in [0.717, 1.165) is 11.6 Å². The monoisotopic (exact) mass is 371 g/mol. The Bertz CT molecular complexity index is 1060. The van der Waals surface area contributed by atoms with Crippen molar-refractivity contribution in [3.05, 3.63) is 84.2 Å². The zero-order chi connectivity index (χ0) is 18.4. The molecule has 4 rings (SSSR count). The molecule has 26 heavy (non-hydrogen) atoms. The number of hydrogen-bond acceptors (Lipinski definition) is 3. The van der Waals surface area contributed by atoms with Gasteiger partial charge in [-0.25, -0.2) is 17.2 Å². The highest BCUT2D eigenvalue weighted by molar-refractivity contribution is 7.92. The van der Waals surface area contributed by atoms with Gasteiger partial charge in [-0.2, -0.15) is 0 Å². The van der Waals surface area contributed by atoms with E-state index in [9.17, 15) is 17.2 Å². The number of nitrogens with zero attached hydrogens (tertiary/aromatic N) is 1. The van der Waals surface area contributed by atoms with Crippen molar-refractivity contribution in [2.75, 3.05) is 0 Å². The van der Waals surface area contributed by atoms with E-state index in [1.54, 1.807) is 36.7 Å². The van der Waals surface area contributed by atoms with Crippen molar-refractivity contribution in [3.8, 4) is 11.1 Å². The fourth-order valence-corrected chi connectivity index (χ4v) is 5.28. The second-order valence-electron chi connectivity index (χ2n) is 6.38.